The van der Waals surface area contributed by atoms with Gasteiger partial charge in [-0.25, -0.2) is 0 Å². The number of nitrogens with zero attached hydrogens (tertiary/aromatic N) is 3. The Bertz CT molecular complexity index is 1030. The fourth-order valence-corrected chi connectivity index (χ4v) is 6.11. The predicted octanol–water partition coefficient (Wildman–Crippen LogP) is 4.76. The number of piperidine rings is 1. The third-order valence-electron chi connectivity index (χ3n) is 6.58. The highest BCUT2D eigenvalue weighted by atomic mass is 32.2. The van der Waals surface area contributed by atoms with Crippen LogP contribution in [0.25, 0.3) is 0 Å². The average molecular weight is 468 g/mol. The summed E-state index contributed by atoms with van der Waals surface area (Å²) in [6, 6.07) is 13.8. The van der Waals surface area contributed by atoms with Crippen molar-refractivity contribution in [1.29, 1.82) is 0 Å². The SMILES string of the molecule is CCCCc1ccc(C(=O)N2CCC3(CC2)SCCN3C(=O)c2cccc([N+](=O)[O-])c2)cc1. The molecule has 1 spiro atoms. The summed E-state index contributed by atoms with van der Waals surface area (Å²) in [6.45, 7) is 3.95. The molecule has 2 aromatic carbocycles. The quantitative estimate of drug-likeness (QED) is 0.452. The van der Waals surface area contributed by atoms with Gasteiger partial charge in [-0.3, -0.25) is 19.7 Å². The van der Waals surface area contributed by atoms with Gasteiger partial charge in [-0.15, -0.1) is 11.8 Å². The van der Waals surface area contributed by atoms with E-state index in [0.717, 1.165) is 25.0 Å². The molecule has 8 heteroatoms. The van der Waals surface area contributed by atoms with Crippen LogP contribution in [0.4, 0.5) is 5.69 Å². The maximum Gasteiger partial charge on any atom is 0.270 e. The largest absolute Gasteiger partial charge is 0.338 e. The molecule has 2 aliphatic rings. The Morgan fingerprint density at radius 2 is 1.76 bits per heavy atom. The number of nitro groups is 1. The van der Waals surface area contributed by atoms with E-state index in [1.165, 1.54) is 17.7 Å². The monoisotopic (exact) mass is 467 g/mol. The fourth-order valence-electron chi connectivity index (χ4n) is 4.65. The van der Waals surface area contributed by atoms with E-state index in [1.54, 1.807) is 23.9 Å². The number of hydrogen-bond acceptors (Lipinski definition) is 5. The van der Waals surface area contributed by atoms with E-state index >= 15 is 0 Å². The number of nitro benzene ring substituents is 1. The van der Waals surface area contributed by atoms with Crippen LogP contribution in [0.3, 0.4) is 0 Å². The summed E-state index contributed by atoms with van der Waals surface area (Å²) in [5.41, 5.74) is 2.22. The number of unbranched alkanes of at least 4 members (excludes halogenated alkanes) is 1. The molecule has 0 bridgehead atoms. The van der Waals surface area contributed by atoms with E-state index in [9.17, 15) is 19.7 Å². The number of carbonyl (C=O) groups excluding carboxylic acids is 2. The number of non-ortho nitro benzene ring substituents is 1. The molecule has 0 aliphatic carbocycles. The standard InChI is InChI=1S/C25H29N3O4S/c1-2-3-5-19-8-10-20(11-9-19)23(29)26-14-12-25(13-15-26)27(16-17-33-25)24(30)21-6-4-7-22(18-21)28(31)32/h4,6-11,18H,2-3,5,12-17H2,1H3. The fraction of sp³-hybridized carbons (Fsp3) is 0.440. The number of benzene rings is 2. The minimum absolute atomic E-state index is 0.0337. The summed E-state index contributed by atoms with van der Waals surface area (Å²) in [6.07, 6.45) is 4.71. The summed E-state index contributed by atoms with van der Waals surface area (Å²) in [5, 5.41) is 11.1. The molecule has 7 nitrogen and oxygen atoms in total. The summed E-state index contributed by atoms with van der Waals surface area (Å²) >= 11 is 1.76. The zero-order valence-corrected chi connectivity index (χ0v) is 19.7. The van der Waals surface area contributed by atoms with Crippen molar-refractivity contribution in [3.8, 4) is 0 Å². The number of hydrogen-bond donors (Lipinski definition) is 0. The van der Waals surface area contributed by atoms with Crippen molar-refractivity contribution >= 4 is 29.3 Å². The number of carbonyl (C=O) groups is 2. The second-order valence-electron chi connectivity index (χ2n) is 8.65. The number of aryl methyl sites for hydroxylation is 1. The molecule has 2 heterocycles. The van der Waals surface area contributed by atoms with E-state index in [4.69, 9.17) is 0 Å². The van der Waals surface area contributed by atoms with Crippen molar-refractivity contribution in [2.45, 2.75) is 43.9 Å². The molecule has 0 saturated carbocycles. The van der Waals surface area contributed by atoms with Crippen LogP contribution < -0.4 is 0 Å². The van der Waals surface area contributed by atoms with Gasteiger partial charge in [-0.05, 0) is 49.4 Å². The second kappa shape index (κ2) is 9.95. The first-order chi connectivity index (χ1) is 15.9. The molecular weight excluding hydrogens is 438 g/mol. The van der Waals surface area contributed by atoms with Crippen LogP contribution in [-0.2, 0) is 6.42 Å². The lowest BCUT2D eigenvalue weighted by Crippen LogP contribution is -2.53. The van der Waals surface area contributed by atoms with E-state index in [1.807, 2.05) is 34.1 Å². The van der Waals surface area contributed by atoms with Gasteiger partial charge in [0.15, 0.2) is 0 Å². The molecule has 0 aromatic heterocycles. The molecule has 2 fully saturated rings. The molecule has 0 radical (unpaired) electrons. The lowest BCUT2D eigenvalue weighted by atomic mass is 9.99. The average Bonchev–Trinajstić information content (AvgIpc) is 3.25. The Kier molecular flexibility index (Phi) is 7.02. The Labute approximate surface area is 198 Å². The van der Waals surface area contributed by atoms with Gasteiger partial charge in [-0.1, -0.05) is 31.5 Å². The highest BCUT2D eigenvalue weighted by molar-refractivity contribution is 8.00. The van der Waals surface area contributed by atoms with E-state index in [2.05, 4.69) is 6.92 Å². The zero-order valence-electron chi connectivity index (χ0n) is 18.9. The van der Waals surface area contributed by atoms with Crippen molar-refractivity contribution in [1.82, 2.24) is 9.80 Å². The molecule has 2 aliphatic heterocycles. The normalized spacial score (nSPS) is 17.4. The van der Waals surface area contributed by atoms with Crippen molar-refractivity contribution in [2.24, 2.45) is 0 Å². The zero-order chi connectivity index (χ0) is 23.4. The third-order valence-corrected chi connectivity index (χ3v) is 8.13. The van der Waals surface area contributed by atoms with Gasteiger partial charge >= 0.3 is 0 Å². The van der Waals surface area contributed by atoms with Crippen LogP contribution >= 0.6 is 11.8 Å². The van der Waals surface area contributed by atoms with Gasteiger partial charge in [0.25, 0.3) is 17.5 Å². The minimum Gasteiger partial charge on any atom is -0.338 e. The molecule has 4 rings (SSSR count). The summed E-state index contributed by atoms with van der Waals surface area (Å²) in [4.78, 5) is 40.3. The van der Waals surface area contributed by atoms with E-state index in [-0.39, 0.29) is 22.4 Å². The Morgan fingerprint density at radius 3 is 2.42 bits per heavy atom. The maximum atomic E-state index is 13.2. The Balaban J connectivity index is 1.42. The van der Waals surface area contributed by atoms with Gasteiger partial charge in [0, 0.05) is 48.6 Å². The van der Waals surface area contributed by atoms with Crippen LogP contribution in [0.5, 0.6) is 0 Å². The lowest BCUT2D eigenvalue weighted by Gasteiger charge is -2.44. The molecule has 2 amide bonds. The van der Waals surface area contributed by atoms with Crippen molar-refractivity contribution in [2.75, 3.05) is 25.4 Å². The summed E-state index contributed by atoms with van der Waals surface area (Å²) < 4.78 is 0. The first-order valence-electron chi connectivity index (χ1n) is 11.5. The minimum atomic E-state index is -0.480. The second-order valence-corrected chi connectivity index (χ2v) is 10.1. The van der Waals surface area contributed by atoms with Gasteiger partial charge in [0.05, 0.1) is 9.79 Å². The number of rotatable bonds is 6. The molecular formula is C25H29N3O4S. The molecule has 2 saturated heterocycles. The van der Waals surface area contributed by atoms with Crippen molar-refractivity contribution in [3.05, 3.63) is 75.3 Å². The maximum absolute atomic E-state index is 13.2. The summed E-state index contributed by atoms with van der Waals surface area (Å²) in [7, 11) is 0. The van der Waals surface area contributed by atoms with E-state index < -0.39 is 4.92 Å². The molecule has 0 N–H and O–H groups in total. The van der Waals surface area contributed by atoms with Crippen LogP contribution in [-0.4, -0.2) is 56.8 Å². The van der Waals surface area contributed by atoms with Gasteiger partial charge in [0.1, 0.15) is 0 Å². The van der Waals surface area contributed by atoms with Crippen molar-refractivity contribution in [3.63, 3.8) is 0 Å². The van der Waals surface area contributed by atoms with Gasteiger partial charge < -0.3 is 9.80 Å². The number of amides is 2. The van der Waals surface area contributed by atoms with Crippen LogP contribution in [0.1, 0.15) is 58.9 Å². The Morgan fingerprint density at radius 1 is 1.03 bits per heavy atom. The number of likely N-dealkylation sites (tertiary alicyclic amines) is 1. The van der Waals surface area contributed by atoms with Crippen LogP contribution in [0.2, 0.25) is 0 Å². The van der Waals surface area contributed by atoms with Crippen LogP contribution in [0.15, 0.2) is 48.5 Å². The predicted molar refractivity (Wildman–Crippen MR) is 130 cm³/mol. The Hall–Kier alpha value is -2.87. The highest BCUT2D eigenvalue weighted by Crippen LogP contribution is 2.44. The summed E-state index contributed by atoms with van der Waals surface area (Å²) in [5.74, 6) is 0.686. The first kappa shape index (κ1) is 23.3. The number of thioether (sulfide) groups is 1. The topological polar surface area (TPSA) is 83.8 Å². The van der Waals surface area contributed by atoms with E-state index in [0.29, 0.717) is 43.6 Å². The smallest absolute Gasteiger partial charge is 0.270 e. The molecule has 0 atom stereocenters. The lowest BCUT2D eigenvalue weighted by molar-refractivity contribution is -0.384. The molecule has 174 valence electrons. The molecule has 33 heavy (non-hydrogen) atoms. The highest BCUT2D eigenvalue weighted by Gasteiger charge is 2.47. The van der Waals surface area contributed by atoms with Gasteiger partial charge in [0.2, 0.25) is 0 Å². The van der Waals surface area contributed by atoms with Crippen molar-refractivity contribution < 1.29 is 14.5 Å². The molecule has 2 aromatic rings. The van der Waals surface area contributed by atoms with Gasteiger partial charge in [-0.2, -0.15) is 0 Å². The first-order valence-corrected chi connectivity index (χ1v) is 12.5. The molecule has 0 unspecified atom stereocenters. The third kappa shape index (κ3) is 4.90. The van der Waals surface area contributed by atoms with Crippen LogP contribution in [0, 0.1) is 10.1 Å².